The predicted molar refractivity (Wildman–Crippen MR) is 42.2 cm³/mol. The molecule has 0 aromatic carbocycles. The Hall–Kier alpha value is -0.340. The minimum atomic E-state index is -0.260. The molecular formula is C9H14O2. The highest BCUT2D eigenvalue weighted by atomic mass is 16.5. The fourth-order valence-electron chi connectivity index (χ4n) is 2.23. The van der Waals surface area contributed by atoms with Gasteiger partial charge in [0.2, 0.25) is 0 Å². The summed E-state index contributed by atoms with van der Waals surface area (Å²) in [5.74, 6) is 0.810. The second-order valence-electron chi connectivity index (χ2n) is 3.48. The van der Waals surface area contributed by atoms with Gasteiger partial charge in [-0.1, -0.05) is 12.2 Å². The summed E-state index contributed by atoms with van der Waals surface area (Å²) in [7, 11) is 1.68. The molecule has 11 heavy (non-hydrogen) atoms. The number of hydrogen-bond acceptors (Lipinski definition) is 2. The summed E-state index contributed by atoms with van der Waals surface area (Å²) in [6.07, 6.45) is 6.42. The van der Waals surface area contributed by atoms with Gasteiger partial charge in [0.1, 0.15) is 0 Å². The number of aliphatic hydroxyl groups excluding tert-OH is 1. The number of hydrogen-bond donors (Lipinski definition) is 1. The first-order valence-electron chi connectivity index (χ1n) is 4.22. The third-order valence-electron chi connectivity index (χ3n) is 2.91. The molecule has 1 N–H and O–H groups in total. The maximum atomic E-state index is 9.68. The largest absolute Gasteiger partial charge is 0.390 e. The van der Waals surface area contributed by atoms with E-state index in [0.29, 0.717) is 11.8 Å². The van der Waals surface area contributed by atoms with Crippen LogP contribution >= 0.6 is 0 Å². The highest BCUT2D eigenvalue weighted by molar-refractivity contribution is 5.10. The minimum absolute atomic E-state index is 0.0544. The molecule has 1 saturated carbocycles. The highest BCUT2D eigenvalue weighted by Gasteiger charge is 2.39. The van der Waals surface area contributed by atoms with Gasteiger partial charge in [-0.15, -0.1) is 0 Å². The Labute approximate surface area is 66.9 Å². The van der Waals surface area contributed by atoms with Crippen molar-refractivity contribution in [3.63, 3.8) is 0 Å². The van der Waals surface area contributed by atoms with Gasteiger partial charge >= 0.3 is 0 Å². The second-order valence-corrected chi connectivity index (χ2v) is 3.48. The zero-order valence-corrected chi connectivity index (χ0v) is 6.73. The van der Waals surface area contributed by atoms with Gasteiger partial charge < -0.3 is 9.84 Å². The summed E-state index contributed by atoms with van der Waals surface area (Å²) < 4.78 is 5.24. The van der Waals surface area contributed by atoms with Gasteiger partial charge in [0.05, 0.1) is 12.2 Å². The van der Waals surface area contributed by atoms with Crippen molar-refractivity contribution in [3.8, 4) is 0 Å². The quantitative estimate of drug-likeness (QED) is 0.570. The van der Waals surface area contributed by atoms with Crippen LogP contribution < -0.4 is 0 Å². The molecule has 3 rings (SSSR count). The van der Waals surface area contributed by atoms with Crippen molar-refractivity contribution in [3.05, 3.63) is 12.2 Å². The Morgan fingerprint density at radius 2 is 1.91 bits per heavy atom. The summed E-state index contributed by atoms with van der Waals surface area (Å²) >= 11 is 0. The van der Waals surface area contributed by atoms with Crippen molar-refractivity contribution in [1.82, 2.24) is 0 Å². The lowest BCUT2D eigenvalue weighted by atomic mass is 9.72. The van der Waals surface area contributed by atoms with Crippen LogP contribution in [0.2, 0.25) is 0 Å². The molecule has 2 heteroatoms. The number of aliphatic hydroxyl groups is 1. The molecule has 0 aromatic heterocycles. The first-order valence-corrected chi connectivity index (χ1v) is 4.22. The molecule has 3 aliphatic rings. The topological polar surface area (TPSA) is 29.5 Å². The second kappa shape index (κ2) is 2.61. The van der Waals surface area contributed by atoms with Crippen molar-refractivity contribution in [2.75, 3.05) is 7.11 Å². The highest BCUT2D eigenvalue weighted by Crippen LogP contribution is 2.37. The lowest BCUT2D eigenvalue weighted by Gasteiger charge is -2.41. The Morgan fingerprint density at radius 1 is 1.27 bits per heavy atom. The number of methoxy groups -OCH3 is 1. The average Bonchev–Trinajstić information content (AvgIpc) is 2.06. The average molecular weight is 154 g/mol. The SMILES string of the molecule is CO[C@H]1[C@@H](O)[C@H]2C=C[C@@H]1CC2. The van der Waals surface area contributed by atoms with Crippen molar-refractivity contribution < 1.29 is 9.84 Å². The fraction of sp³-hybridized carbons (Fsp3) is 0.778. The van der Waals surface area contributed by atoms with Crippen molar-refractivity contribution >= 4 is 0 Å². The molecule has 3 aliphatic carbocycles. The smallest absolute Gasteiger partial charge is 0.0898 e. The van der Waals surface area contributed by atoms with Crippen LogP contribution in [0.3, 0.4) is 0 Å². The van der Waals surface area contributed by atoms with Crippen molar-refractivity contribution in [1.29, 1.82) is 0 Å². The zero-order chi connectivity index (χ0) is 7.84. The summed E-state index contributed by atoms with van der Waals surface area (Å²) in [6.45, 7) is 0. The van der Waals surface area contributed by atoms with E-state index in [0.717, 1.165) is 6.42 Å². The van der Waals surface area contributed by atoms with Gasteiger partial charge in [-0.2, -0.15) is 0 Å². The summed E-state index contributed by atoms with van der Waals surface area (Å²) in [6, 6.07) is 0. The van der Waals surface area contributed by atoms with Crippen LogP contribution in [-0.4, -0.2) is 24.4 Å². The van der Waals surface area contributed by atoms with E-state index in [2.05, 4.69) is 12.2 Å². The molecule has 0 heterocycles. The lowest BCUT2D eigenvalue weighted by molar-refractivity contribution is -0.0826. The van der Waals surface area contributed by atoms with Gasteiger partial charge in [0.25, 0.3) is 0 Å². The third-order valence-corrected chi connectivity index (χ3v) is 2.91. The van der Waals surface area contributed by atoms with Crippen LogP contribution in [-0.2, 0) is 4.74 Å². The molecule has 0 aliphatic heterocycles. The zero-order valence-electron chi connectivity index (χ0n) is 6.73. The number of rotatable bonds is 1. The molecule has 2 nitrogen and oxygen atoms in total. The molecule has 2 bridgehead atoms. The Balaban J connectivity index is 2.19. The Bertz CT molecular complexity index is 176. The molecule has 0 radical (unpaired) electrons. The summed E-state index contributed by atoms with van der Waals surface area (Å²) in [5, 5.41) is 9.68. The molecule has 0 unspecified atom stereocenters. The van der Waals surface area contributed by atoms with Crippen LogP contribution in [0.25, 0.3) is 0 Å². The van der Waals surface area contributed by atoms with E-state index in [1.165, 1.54) is 6.42 Å². The van der Waals surface area contributed by atoms with Gasteiger partial charge in [-0.3, -0.25) is 0 Å². The molecule has 0 saturated heterocycles. The monoisotopic (exact) mass is 154 g/mol. The molecule has 4 atom stereocenters. The van der Waals surface area contributed by atoms with Gasteiger partial charge in [0, 0.05) is 18.9 Å². The molecule has 1 fully saturated rings. The third kappa shape index (κ3) is 1.01. The van der Waals surface area contributed by atoms with Gasteiger partial charge in [-0.25, -0.2) is 0 Å². The number of fused-ring (bicyclic) bond motifs is 2. The van der Waals surface area contributed by atoms with E-state index < -0.39 is 0 Å². The Kier molecular flexibility index (Phi) is 1.74. The van der Waals surface area contributed by atoms with Crippen LogP contribution in [0.15, 0.2) is 12.2 Å². The lowest BCUT2D eigenvalue weighted by Crippen LogP contribution is -2.46. The van der Waals surface area contributed by atoms with Gasteiger partial charge in [0.15, 0.2) is 0 Å². The molecular weight excluding hydrogens is 140 g/mol. The molecule has 0 aromatic rings. The predicted octanol–water partition coefficient (Wildman–Crippen LogP) is 0.958. The molecule has 0 amide bonds. The van der Waals surface area contributed by atoms with Gasteiger partial charge in [-0.05, 0) is 12.8 Å². The maximum Gasteiger partial charge on any atom is 0.0898 e. The molecule has 0 spiro atoms. The van der Waals surface area contributed by atoms with E-state index in [1.54, 1.807) is 7.11 Å². The van der Waals surface area contributed by atoms with Crippen LogP contribution in [0.5, 0.6) is 0 Å². The van der Waals surface area contributed by atoms with E-state index in [1.807, 2.05) is 0 Å². The molecule has 62 valence electrons. The summed E-state index contributed by atoms with van der Waals surface area (Å²) in [4.78, 5) is 0. The Morgan fingerprint density at radius 3 is 2.27 bits per heavy atom. The maximum absolute atomic E-state index is 9.68. The standard InChI is InChI=1S/C9H14O2/c1-11-9-7-4-2-6(3-5-7)8(9)10/h2,4,6-10H,3,5H2,1H3/t6-,7+,8-,9+/m0/s1. The first-order chi connectivity index (χ1) is 5.33. The van der Waals surface area contributed by atoms with E-state index in [4.69, 9.17) is 4.74 Å². The number of ether oxygens (including phenoxy) is 1. The van der Waals surface area contributed by atoms with Crippen molar-refractivity contribution in [2.45, 2.75) is 25.0 Å². The first kappa shape index (κ1) is 7.32. The van der Waals surface area contributed by atoms with Crippen LogP contribution in [0, 0.1) is 11.8 Å². The normalized spacial score (nSPS) is 48.2. The minimum Gasteiger partial charge on any atom is -0.390 e. The van der Waals surface area contributed by atoms with E-state index in [9.17, 15) is 5.11 Å². The van der Waals surface area contributed by atoms with Crippen molar-refractivity contribution in [2.24, 2.45) is 11.8 Å². The van der Waals surface area contributed by atoms with E-state index in [-0.39, 0.29) is 12.2 Å². The fourth-order valence-corrected chi connectivity index (χ4v) is 2.23. The van der Waals surface area contributed by atoms with Crippen LogP contribution in [0.1, 0.15) is 12.8 Å². The van der Waals surface area contributed by atoms with E-state index >= 15 is 0 Å². The van der Waals surface area contributed by atoms with Crippen LogP contribution in [0.4, 0.5) is 0 Å². The summed E-state index contributed by atoms with van der Waals surface area (Å²) in [5.41, 5.74) is 0.